The van der Waals surface area contributed by atoms with Gasteiger partial charge in [-0.2, -0.15) is 0 Å². The summed E-state index contributed by atoms with van der Waals surface area (Å²) in [6, 6.07) is 14.0. The molecule has 1 aromatic carbocycles. The Bertz CT molecular complexity index is 951. The van der Waals surface area contributed by atoms with E-state index in [1.165, 1.54) is 0 Å². The molecule has 1 aliphatic heterocycles. The normalized spacial score (nSPS) is 16.2. The van der Waals surface area contributed by atoms with Crippen LogP contribution in [0, 0.1) is 0 Å². The lowest BCUT2D eigenvalue weighted by atomic mass is 10.1. The van der Waals surface area contributed by atoms with Gasteiger partial charge in [0.25, 0.3) is 0 Å². The molecule has 0 amide bonds. The molecule has 0 bridgehead atoms. The van der Waals surface area contributed by atoms with Crippen LogP contribution in [0.15, 0.2) is 48.7 Å². The molecule has 1 saturated heterocycles. The van der Waals surface area contributed by atoms with E-state index in [0.717, 1.165) is 66.5 Å². The van der Waals surface area contributed by atoms with E-state index in [2.05, 4.69) is 33.8 Å². The largest absolute Gasteiger partial charge is 0.491 e. The number of likely N-dealkylation sites (N-methyl/N-ethyl adjacent to an activating group) is 1. The first kappa shape index (κ1) is 19.6. The van der Waals surface area contributed by atoms with E-state index in [-0.39, 0.29) is 6.61 Å². The van der Waals surface area contributed by atoms with Gasteiger partial charge in [-0.25, -0.2) is 4.98 Å². The number of aliphatic hydroxyl groups is 1. The van der Waals surface area contributed by atoms with Gasteiger partial charge >= 0.3 is 0 Å². The minimum absolute atomic E-state index is 0.285. The second-order valence-corrected chi connectivity index (χ2v) is 7.51. The van der Waals surface area contributed by atoms with Crippen molar-refractivity contribution in [3.8, 4) is 17.0 Å². The predicted molar refractivity (Wildman–Crippen MR) is 116 cm³/mol. The second kappa shape index (κ2) is 8.76. The van der Waals surface area contributed by atoms with Gasteiger partial charge in [-0.15, -0.1) is 0 Å². The maximum atomic E-state index is 9.38. The lowest BCUT2D eigenvalue weighted by molar-refractivity contribution is 0.123. The van der Waals surface area contributed by atoms with E-state index in [4.69, 9.17) is 9.72 Å². The van der Waals surface area contributed by atoms with Crippen molar-refractivity contribution in [1.29, 1.82) is 0 Å². The minimum atomic E-state index is -0.486. The highest BCUT2D eigenvalue weighted by atomic mass is 16.5. The van der Waals surface area contributed by atoms with Crippen LogP contribution in [0.5, 0.6) is 5.75 Å². The summed E-state index contributed by atoms with van der Waals surface area (Å²) in [5, 5.41) is 10.5. The first-order valence-corrected chi connectivity index (χ1v) is 10.3. The number of nitrogens with zero attached hydrogens (tertiary/aromatic N) is 4. The van der Waals surface area contributed by atoms with Crippen LogP contribution in [0.1, 0.15) is 13.8 Å². The summed E-state index contributed by atoms with van der Waals surface area (Å²) in [6.45, 7) is 9.31. The van der Waals surface area contributed by atoms with Gasteiger partial charge in [-0.3, -0.25) is 4.98 Å². The van der Waals surface area contributed by atoms with Crippen molar-refractivity contribution in [2.75, 3.05) is 44.2 Å². The van der Waals surface area contributed by atoms with Gasteiger partial charge in [-0.05, 0) is 49.9 Å². The van der Waals surface area contributed by atoms with Crippen LogP contribution in [0.2, 0.25) is 0 Å². The zero-order chi connectivity index (χ0) is 20.2. The quantitative estimate of drug-likeness (QED) is 0.695. The van der Waals surface area contributed by atoms with Gasteiger partial charge in [0.15, 0.2) is 5.82 Å². The van der Waals surface area contributed by atoms with E-state index < -0.39 is 6.10 Å². The molecule has 3 aromatic rings. The zero-order valence-corrected chi connectivity index (χ0v) is 17.1. The molecule has 1 aliphatic rings. The van der Waals surface area contributed by atoms with Crippen molar-refractivity contribution in [3.63, 3.8) is 0 Å². The van der Waals surface area contributed by atoms with E-state index in [1.807, 2.05) is 36.5 Å². The van der Waals surface area contributed by atoms with Crippen LogP contribution in [0.4, 0.5) is 5.82 Å². The van der Waals surface area contributed by atoms with Crippen molar-refractivity contribution in [2.45, 2.75) is 20.0 Å². The number of rotatable bonds is 6. The minimum Gasteiger partial charge on any atom is -0.491 e. The maximum absolute atomic E-state index is 9.38. The first-order chi connectivity index (χ1) is 14.1. The van der Waals surface area contributed by atoms with Crippen molar-refractivity contribution in [2.24, 2.45) is 0 Å². The molecule has 0 radical (unpaired) electrons. The van der Waals surface area contributed by atoms with Crippen molar-refractivity contribution in [3.05, 3.63) is 48.7 Å². The number of anilines is 1. The van der Waals surface area contributed by atoms with E-state index >= 15 is 0 Å². The summed E-state index contributed by atoms with van der Waals surface area (Å²) >= 11 is 0. The summed E-state index contributed by atoms with van der Waals surface area (Å²) < 4.78 is 5.57. The van der Waals surface area contributed by atoms with Gasteiger partial charge in [0.05, 0.1) is 11.8 Å². The highest BCUT2D eigenvalue weighted by Crippen LogP contribution is 2.30. The highest BCUT2D eigenvalue weighted by Gasteiger charge is 2.20. The molecular weight excluding hydrogens is 364 g/mol. The molecule has 0 spiro atoms. The number of benzene rings is 1. The molecular formula is C23H28N4O2. The fraction of sp³-hybridized carbons (Fsp3) is 0.391. The third kappa shape index (κ3) is 4.49. The monoisotopic (exact) mass is 392 g/mol. The average molecular weight is 393 g/mol. The number of hydrogen-bond donors (Lipinski definition) is 1. The predicted octanol–water partition coefficient (Wildman–Crippen LogP) is 3.20. The number of pyridine rings is 2. The first-order valence-electron chi connectivity index (χ1n) is 10.3. The third-order valence-corrected chi connectivity index (χ3v) is 5.33. The lowest BCUT2D eigenvalue weighted by Crippen LogP contribution is -2.46. The standard InChI is InChI=1S/C23H28N4O2/c1-3-26-11-13-27(14-12-26)23-22-19(5-4-10-24-22)15-21(25-23)18-6-8-20(9-7-18)29-16-17(2)28/h4-10,15,17,28H,3,11-14,16H2,1-2H3. The molecule has 1 N–H and O–H groups in total. The summed E-state index contributed by atoms with van der Waals surface area (Å²) in [6.07, 6.45) is 1.35. The van der Waals surface area contributed by atoms with Crippen LogP contribution in [-0.4, -0.2) is 65.4 Å². The van der Waals surface area contributed by atoms with Crippen LogP contribution >= 0.6 is 0 Å². The fourth-order valence-corrected chi connectivity index (χ4v) is 3.65. The topological polar surface area (TPSA) is 61.7 Å². The van der Waals surface area contributed by atoms with Gasteiger partial charge in [0.2, 0.25) is 0 Å². The molecule has 1 atom stereocenters. The molecule has 0 saturated carbocycles. The second-order valence-electron chi connectivity index (χ2n) is 7.51. The summed E-state index contributed by atoms with van der Waals surface area (Å²) in [5.41, 5.74) is 2.92. The van der Waals surface area contributed by atoms with Crippen LogP contribution in [0.3, 0.4) is 0 Å². The third-order valence-electron chi connectivity index (χ3n) is 5.33. The number of ether oxygens (including phenoxy) is 1. The Hall–Kier alpha value is -2.70. The van der Waals surface area contributed by atoms with Gasteiger partial charge < -0.3 is 19.6 Å². The van der Waals surface area contributed by atoms with Crippen molar-refractivity contribution in [1.82, 2.24) is 14.9 Å². The Labute approximate surface area is 171 Å². The molecule has 3 heterocycles. The molecule has 1 unspecified atom stereocenters. The summed E-state index contributed by atoms with van der Waals surface area (Å²) in [7, 11) is 0. The average Bonchev–Trinajstić information content (AvgIpc) is 2.77. The number of aliphatic hydroxyl groups excluding tert-OH is 1. The SMILES string of the molecule is CCN1CCN(c2nc(-c3ccc(OCC(C)O)cc3)cc3cccnc23)CC1. The Morgan fingerprint density at radius 3 is 2.55 bits per heavy atom. The molecule has 2 aromatic heterocycles. The number of fused-ring (bicyclic) bond motifs is 1. The maximum Gasteiger partial charge on any atom is 0.155 e. The molecule has 6 nitrogen and oxygen atoms in total. The highest BCUT2D eigenvalue weighted by molar-refractivity contribution is 5.91. The van der Waals surface area contributed by atoms with Crippen molar-refractivity contribution >= 4 is 16.7 Å². The van der Waals surface area contributed by atoms with Crippen LogP contribution in [0.25, 0.3) is 22.2 Å². The Kier molecular flexibility index (Phi) is 5.92. The summed E-state index contributed by atoms with van der Waals surface area (Å²) in [5.74, 6) is 1.70. The Morgan fingerprint density at radius 2 is 1.86 bits per heavy atom. The van der Waals surface area contributed by atoms with Gasteiger partial charge in [-0.1, -0.05) is 13.0 Å². The van der Waals surface area contributed by atoms with Gasteiger partial charge in [0, 0.05) is 43.3 Å². The smallest absolute Gasteiger partial charge is 0.155 e. The molecule has 29 heavy (non-hydrogen) atoms. The van der Waals surface area contributed by atoms with E-state index in [9.17, 15) is 5.11 Å². The zero-order valence-electron chi connectivity index (χ0n) is 17.1. The van der Waals surface area contributed by atoms with E-state index in [1.54, 1.807) is 6.92 Å². The molecule has 6 heteroatoms. The number of aromatic nitrogens is 2. The number of hydrogen-bond acceptors (Lipinski definition) is 6. The summed E-state index contributed by atoms with van der Waals surface area (Å²) in [4.78, 5) is 14.5. The van der Waals surface area contributed by atoms with Crippen LogP contribution in [-0.2, 0) is 0 Å². The lowest BCUT2D eigenvalue weighted by Gasteiger charge is -2.35. The molecule has 0 aliphatic carbocycles. The fourth-order valence-electron chi connectivity index (χ4n) is 3.65. The van der Waals surface area contributed by atoms with Crippen LogP contribution < -0.4 is 9.64 Å². The number of piperazine rings is 1. The molecule has 1 fully saturated rings. The van der Waals surface area contributed by atoms with Gasteiger partial charge in [0.1, 0.15) is 17.9 Å². The molecule has 4 rings (SSSR count). The van der Waals surface area contributed by atoms with Crippen molar-refractivity contribution < 1.29 is 9.84 Å². The Balaban J connectivity index is 1.65. The Morgan fingerprint density at radius 1 is 1.10 bits per heavy atom. The molecule has 152 valence electrons. The van der Waals surface area contributed by atoms with E-state index in [0.29, 0.717) is 0 Å².